The Hall–Kier alpha value is -0.560. The van der Waals surface area contributed by atoms with Gasteiger partial charge in [-0.3, -0.25) is 9.89 Å². The van der Waals surface area contributed by atoms with E-state index < -0.39 is 41.5 Å². The smallest absolute Gasteiger partial charge is 0.416 e. The number of thioether (sulfide) groups is 1. The lowest BCUT2D eigenvalue weighted by molar-refractivity contribution is -0.160. The summed E-state index contributed by atoms with van der Waals surface area (Å²) in [5.74, 6) is 0. The molecule has 2 rings (SSSR count). The van der Waals surface area contributed by atoms with Gasteiger partial charge in [0.05, 0.1) is 19.8 Å². The van der Waals surface area contributed by atoms with Gasteiger partial charge in [-0.05, 0) is 40.1 Å². The van der Waals surface area contributed by atoms with Gasteiger partial charge in [-0.1, -0.05) is 25.1 Å². The van der Waals surface area contributed by atoms with Crippen molar-refractivity contribution >= 4 is 35.9 Å². The quantitative estimate of drug-likeness (QED) is 0.291. The van der Waals surface area contributed by atoms with E-state index in [0.29, 0.717) is 18.4 Å². The van der Waals surface area contributed by atoms with Crippen molar-refractivity contribution in [1.82, 2.24) is 4.90 Å². The summed E-state index contributed by atoms with van der Waals surface area (Å²) in [7, 11) is 0. The highest BCUT2D eigenvalue weighted by molar-refractivity contribution is 8.14. The van der Waals surface area contributed by atoms with Gasteiger partial charge in [0.1, 0.15) is 35.4 Å². The Morgan fingerprint density at radius 3 is 2.66 bits per heavy atom. The van der Waals surface area contributed by atoms with Gasteiger partial charge in [0, 0.05) is 6.61 Å². The van der Waals surface area contributed by atoms with E-state index in [1.807, 2.05) is 0 Å². The monoisotopic (exact) mass is 452 g/mol. The van der Waals surface area contributed by atoms with Crippen LogP contribution in [0.1, 0.15) is 40.5 Å². The molecule has 0 aromatic rings. The first kappa shape index (κ1) is 24.7. The summed E-state index contributed by atoms with van der Waals surface area (Å²) in [5, 5.41) is 21.1. The zero-order valence-electron chi connectivity index (χ0n) is 17.3. The van der Waals surface area contributed by atoms with E-state index in [0.717, 1.165) is 12.8 Å². The number of carbonyl (C=O) groups excluding carboxylic acids is 1. The van der Waals surface area contributed by atoms with Gasteiger partial charge < -0.3 is 28.6 Å². The summed E-state index contributed by atoms with van der Waals surface area (Å²) < 4.78 is 21.7. The molecule has 0 saturated carbocycles. The standard InChI is InChI=1S/C18H32N2O7S2/c1-5-6-8-24-9-7-20(17(23)27-18(2,3)4)16-19-12-14(22)13(21)11(10-25-28)26-15(12)29-16/h11-15,21-22,28H,5-10H2,1-4H3/t11-,12-,13-,14-,15-/m1/s1. The number of carbonyl (C=O) groups is 1. The van der Waals surface area contributed by atoms with Gasteiger partial charge in [0.15, 0.2) is 5.17 Å². The molecule has 1 fully saturated rings. The minimum atomic E-state index is -1.17. The number of hydrogen-bond donors (Lipinski definition) is 3. The number of amides is 1. The Balaban J connectivity index is 2.10. The molecule has 2 N–H and O–H groups in total. The average molecular weight is 453 g/mol. The van der Waals surface area contributed by atoms with Gasteiger partial charge in [-0.2, -0.15) is 0 Å². The van der Waals surface area contributed by atoms with Crippen LogP contribution in [0.3, 0.4) is 0 Å². The number of fused-ring (bicyclic) bond motifs is 1. The van der Waals surface area contributed by atoms with Gasteiger partial charge in [-0.15, -0.1) is 0 Å². The molecule has 0 unspecified atom stereocenters. The number of thiol groups is 1. The molecule has 1 amide bonds. The van der Waals surface area contributed by atoms with E-state index in [1.54, 1.807) is 20.8 Å². The lowest BCUT2D eigenvalue weighted by Gasteiger charge is -2.37. The molecule has 11 heteroatoms. The van der Waals surface area contributed by atoms with Crippen LogP contribution in [0, 0.1) is 0 Å². The minimum Gasteiger partial charge on any atom is -0.443 e. The van der Waals surface area contributed by atoms with E-state index >= 15 is 0 Å². The molecule has 0 aliphatic carbocycles. The van der Waals surface area contributed by atoms with Crippen LogP contribution in [0.5, 0.6) is 0 Å². The second-order valence-corrected chi connectivity index (χ2v) is 9.26. The number of aliphatic hydroxyl groups excluding tert-OH is 2. The van der Waals surface area contributed by atoms with Crippen LogP contribution in [-0.2, 0) is 18.4 Å². The second kappa shape index (κ2) is 11.2. The van der Waals surface area contributed by atoms with E-state index in [2.05, 4.69) is 24.8 Å². The molecule has 1 saturated heterocycles. The van der Waals surface area contributed by atoms with Crippen molar-refractivity contribution in [3.63, 3.8) is 0 Å². The Morgan fingerprint density at radius 2 is 2.03 bits per heavy atom. The molecular weight excluding hydrogens is 420 g/mol. The van der Waals surface area contributed by atoms with Crippen molar-refractivity contribution in [2.24, 2.45) is 4.99 Å². The fourth-order valence-electron chi connectivity index (χ4n) is 2.84. The molecular formula is C18H32N2O7S2. The van der Waals surface area contributed by atoms with Crippen LogP contribution in [-0.4, -0.2) is 88.1 Å². The highest BCUT2D eigenvalue weighted by Crippen LogP contribution is 2.38. The maximum atomic E-state index is 12.8. The molecule has 0 radical (unpaired) electrons. The third-order valence-corrected chi connectivity index (χ3v) is 5.64. The van der Waals surface area contributed by atoms with Crippen molar-refractivity contribution in [2.45, 2.75) is 75.9 Å². The molecule has 9 nitrogen and oxygen atoms in total. The Morgan fingerprint density at radius 1 is 1.31 bits per heavy atom. The van der Waals surface area contributed by atoms with Crippen LogP contribution in [0.15, 0.2) is 4.99 Å². The largest absolute Gasteiger partial charge is 0.443 e. The van der Waals surface area contributed by atoms with E-state index in [-0.39, 0.29) is 13.2 Å². The fraction of sp³-hybridized carbons (Fsp3) is 0.889. The number of aliphatic imine (C=N–C) groups is 1. The van der Waals surface area contributed by atoms with Crippen LogP contribution < -0.4 is 0 Å². The summed E-state index contributed by atoms with van der Waals surface area (Å²) >= 11 is 4.89. The van der Waals surface area contributed by atoms with E-state index in [4.69, 9.17) is 18.4 Å². The maximum Gasteiger partial charge on any atom is 0.416 e. The number of aliphatic hydroxyl groups is 2. The fourth-order valence-corrected chi connectivity index (χ4v) is 4.23. The molecule has 2 aliphatic rings. The second-order valence-electron chi connectivity index (χ2n) is 7.94. The predicted molar refractivity (Wildman–Crippen MR) is 113 cm³/mol. The molecule has 168 valence electrons. The molecule has 2 aliphatic heterocycles. The van der Waals surface area contributed by atoms with Crippen LogP contribution in [0.25, 0.3) is 0 Å². The van der Waals surface area contributed by atoms with Crippen LogP contribution >= 0.6 is 24.7 Å². The van der Waals surface area contributed by atoms with Gasteiger partial charge in [-0.25, -0.2) is 4.79 Å². The number of nitrogens with zero attached hydrogens (tertiary/aromatic N) is 2. The first-order chi connectivity index (χ1) is 13.7. The summed E-state index contributed by atoms with van der Waals surface area (Å²) in [6.07, 6.45) is -1.63. The molecule has 29 heavy (non-hydrogen) atoms. The first-order valence-electron chi connectivity index (χ1n) is 9.78. The van der Waals surface area contributed by atoms with E-state index in [1.165, 1.54) is 16.7 Å². The zero-order valence-corrected chi connectivity index (χ0v) is 19.0. The third-order valence-electron chi connectivity index (χ3n) is 4.33. The average Bonchev–Trinajstić information content (AvgIpc) is 3.04. The predicted octanol–water partition coefficient (Wildman–Crippen LogP) is 1.82. The zero-order chi connectivity index (χ0) is 21.6. The number of unbranched alkanes of at least 4 members (excludes halogenated alkanes) is 1. The van der Waals surface area contributed by atoms with E-state index in [9.17, 15) is 15.0 Å². The lowest BCUT2D eigenvalue weighted by atomic mass is 9.99. The summed E-state index contributed by atoms with van der Waals surface area (Å²) in [4.78, 5) is 18.6. The Bertz CT molecular complexity index is 573. The summed E-state index contributed by atoms with van der Waals surface area (Å²) in [6, 6.07) is -0.702. The van der Waals surface area contributed by atoms with Crippen molar-refractivity contribution in [1.29, 1.82) is 0 Å². The van der Waals surface area contributed by atoms with Crippen molar-refractivity contribution in [3.8, 4) is 0 Å². The van der Waals surface area contributed by atoms with Crippen LogP contribution in [0.4, 0.5) is 4.79 Å². The molecule has 0 bridgehead atoms. The third kappa shape index (κ3) is 6.98. The Labute approximate surface area is 181 Å². The first-order valence-corrected chi connectivity index (χ1v) is 11.0. The number of amidine groups is 1. The number of rotatable bonds is 8. The van der Waals surface area contributed by atoms with Crippen molar-refractivity contribution in [2.75, 3.05) is 26.4 Å². The normalized spacial score (nSPS) is 29.3. The highest BCUT2D eigenvalue weighted by atomic mass is 32.2. The molecule has 5 atom stereocenters. The minimum absolute atomic E-state index is 0.0154. The number of ether oxygens (including phenoxy) is 3. The maximum absolute atomic E-state index is 12.8. The summed E-state index contributed by atoms with van der Waals surface area (Å²) in [5.41, 5.74) is -1.22. The molecule has 0 spiro atoms. The van der Waals surface area contributed by atoms with Gasteiger partial charge in [0.2, 0.25) is 0 Å². The molecule has 2 heterocycles. The SMILES string of the molecule is CCCCOCCN(C(=O)OC(C)(C)C)C1=N[C@@H]2[C@@H](O)[C@H](O)[C@@H](COS)O[C@@H]2S1. The van der Waals surface area contributed by atoms with Gasteiger partial charge in [0.25, 0.3) is 0 Å². The lowest BCUT2D eigenvalue weighted by Crippen LogP contribution is -2.55. The highest BCUT2D eigenvalue weighted by Gasteiger charge is 2.49. The van der Waals surface area contributed by atoms with Crippen molar-refractivity contribution in [3.05, 3.63) is 0 Å². The number of hydrogen-bond acceptors (Lipinski definition) is 10. The van der Waals surface area contributed by atoms with Gasteiger partial charge >= 0.3 is 6.09 Å². The topological polar surface area (TPSA) is 110 Å². The van der Waals surface area contributed by atoms with Crippen LogP contribution in [0.2, 0.25) is 0 Å². The summed E-state index contributed by atoms with van der Waals surface area (Å²) in [6.45, 7) is 8.65. The molecule has 0 aromatic carbocycles. The molecule has 0 aromatic heterocycles. The van der Waals surface area contributed by atoms with Crippen molar-refractivity contribution < 1.29 is 33.4 Å². The Kier molecular flexibility index (Phi) is 9.52.